The van der Waals surface area contributed by atoms with Gasteiger partial charge in [0.25, 0.3) is 0 Å². The predicted octanol–water partition coefficient (Wildman–Crippen LogP) is 3.53. The quantitative estimate of drug-likeness (QED) is 0.873. The minimum Gasteiger partial charge on any atom is -0.454 e. The molecule has 0 radical (unpaired) electrons. The normalized spacial score (nSPS) is 12.8. The second-order valence-corrected chi connectivity index (χ2v) is 6.28. The molecule has 0 aromatic heterocycles. The molecule has 1 aliphatic heterocycles. The molecular weight excluding hydrogens is 306 g/mol. The maximum absolute atomic E-state index is 12.7. The van der Waals surface area contributed by atoms with Crippen LogP contribution in [0, 0.1) is 0 Å². The van der Waals surface area contributed by atoms with Gasteiger partial charge in [0.2, 0.25) is 12.7 Å². The largest absolute Gasteiger partial charge is 0.454 e. The second-order valence-electron chi connectivity index (χ2n) is 6.28. The van der Waals surface area contributed by atoms with E-state index in [1.165, 1.54) is 6.92 Å². The van der Waals surface area contributed by atoms with Gasteiger partial charge in [-0.1, -0.05) is 18.2 Å². The lowest BCUT2D eigenvalue weighted by Gasteiger charge is -2.24. The third kappa shape index (κ3) is 2.97. The van der Waals surface area contributed by atoms with Crippen molar-refractivity contribution in [2.24, 2.45) is 0 Å². The number of ether oxygens (including phenoxy) is 2. The fraction of sp³-hybridized carbons (Fsp3) is 0.263. The highest BCUT2D eigenvalue weighted by Crippen LogP contribution is 2.36. The first-order valence-corrected chi connectivity index (χ1v) is 7.70. The average molecular weight is 325 g/mol. The zero-order chi connectivity index (χ0) is 17.3. The van der Waals surface area contributed by atoms with Crippen molar-refractivity contribution >= 4 is 17.4 Å². The van der Waals surface area contributed by atoms with Crippen LogP contribution in [0.3, 0.4) is 0 Å². The van der Waals surface area contributed by atoms with Gasteiger partial charge in [-0.2, -0.15) is 0 Å². The molecule has 1 aliphatic rings. The van der Waals surface area contributed by atoms with Gasteiger partial charge in [0, 0.05) is 11.3 Å². The van der Waals surface area contributed by atoms with E-state index in [-0.39, 0.29) is 18.5 Å². The van der Waals surface area contributed by atoms with Crippen LogP contribution in [0.25, 0.3) is 0 Å². The maximum atomic E-state index is 12.7. The van der Waals surface area contributed by atoms with Crippen LogP contribution in [0.4, 0.5) is 5.69 Å². The van der Waals surface area contributed by atoms with Gasteiger partial charge < -0.3 is 14.8 Å². The number of benzene rings is 2. The number of ketones is 1. The van der Waals surface area contributed by atoms with E-state index in [0.29, 0.717) is 22.7 Å². The van der Waals surface area contributed by atoms with E-state index in [9.17, 15) is 9.59 Å². The van der Waals surface area contributed by atoms with Crippen molar-refractivity contribution in [3.63, 3.8) is 0 Å². The lowest BCUT2D eigenvalue weighted by molar-refractivity contribution is -0.120. The molecule has 0 unspecified atom stereocenters. The Hall–Kier alpha value is -2.82. The number of nitrogens with one attached hydrogen (secondary N) is 1. The molecule has 0 saturated carbocycles. The Kier molecular flexibility index (Phi) is 4.01. The lowest BCUT2D eigenvalue weighted by Crippen LogP contribution is -2.34. The lowest BCUT2D eigenvalue weighted by atomic mass is 9.83. The first kappa shape index (κ1) is 16.1. The topological polar surface area (TPSA) is 64.6 Å². The van der Waals surface area contributed by atoms with Crippen molar-refractivity contribution in [1.29, 1.82) is 0 Å². The van der Waals surface area contributed by atoms with E-state index in [1.54, 1.807) is 24.3 Å². The van der Waals surface area contributed by atoms with E-state index in [1.807, 2.05) is 32.0 Å². The monoisotopic (exact) mass is 325 g/mol. The first-order chi connectivity index (χ1) is 11.4. The van der Waals surface area contributed by atoms with E-state index in [0.717, 1.165) is 5.56 Å². The first-order valence-electron chi connectivity index (χ1n) is 7.70. The summed E-state index contributed by atoms with van der Waals surface area (Å²) in [5.74, 6) is 1.12. The van der Waals surface area contributed by atoms with Crippen molar-refractivity contribution in [3.8, 4) is 11.5 Å². The minimum absolute atomic E-state index is 0.0406. The highest BCUT2D eigenvalue weighted by Gasteiger charge is 2.31. The smallest absolute Gasteiger partial charge is 0.234 e. The molecule has 0 spiro atoms. The highest BCUT2D eigenvalue weighted by atomic mass is 16.7. The minimum atomic E-state index is -0.771. The summed E-state index contributed by atoms with van der Waals surface area (Å²) in [6.07, 6.45) is 0. The third-order valence-electron chi connectivity index (χ3n) is 4.19. The summed E-state index contributed by atoms with van der Waals surface area (Å²) in [4.78, 5) is 24.2. The summed E-state index contributed by atoms with van der Waals surface area (Å²) in [5, 5.41) is 2.88. The molecule has 3 rings (SSSR count). The standard InChI is InChI=1S/C19H19NO4/c1-12(21)13-5-4-6-15(9-13)20-18(22)19(2,3)14-7-8-16-17(10-14)24-11-23-16/h4-10H,11H2,1-3H3,(H,20,22). The predicted molar refractivity (Wildman–Crippen MR) is 90.7 cm³/mol. The number of carbonyl (C=O) groups excluding carboxylic acids is 2. The molecule has 0 bridgehead atoms. The Morgan fingerprint density at radius 2 is 1.79 bits per heavy atom. The number of hydrogen-bond donors (Lipinski definition) is 1. The molecule has 5 heteroatoms. The zero-order valence-electron chi connectivity index (χ0n) is 13.9. The molecule has 0 saturated heterocycles. The summed E-state index contributed by atoms with van der Waals surface area (Å²) in [7, 11) is 0. The average Bonchev–Trinajstić information content (AvgIpc) is 3.02. The number of amides is 1. The van der Waals surface area contributed by atoms with Gasteiger partial charge in [0.15, 0.2) is 17.3 Å². The summed E-state index contributed by atoms with van der Waals surface area (Å²) in [6.45, 7) is 5.38. The van der Waals surface area contributed by atoms with Crippen LogP contribution >= 0.6 is 0 Å². The van der Waals surface area contributed by atoms with Crippen LogP contribution in [0.15, 0.2) is 42.5 Å². The summed E-state index contributed by atoms with van der Waals surface area (Å²) in [5.41, 5.74) is 1.22. The van der Waals surface area contributed by atoms with Gasteiger partial charge in [-0.25, -0.2) is 0 Å². The van der Waals surface area contributed by atoms with Gasteiger partial charge in [-0.3, -0.25) is 9.59 Å². The summed E-state index contributed by atoms with van der Waals surface area (Å²) in [6, 6.07) is 12.4. The molecule has 5 nitrogen and oxygen atoms in total. The molecule has 0 atom stereocenters. The van der Waals surface area contributed by atoms with E-state index in [2.05, 4.69) is 5.32 Å². The van der Waals surface area contributed by atoms with Gasteiger partial charge in [0.1, 0.15) is 0 Å². The van der Waals surface area contributed by atoms with E-state index >= 15 is 0 Å². The van der Waals surface area contributed by atoms with E-state index < -0.39 is 5.41 Å². The van der Waals surface area contributed by atoms with Crippen molar-refractivity contribution in [2.45, 2.75) is 26.2 Å². The molecule has 24 heavy (non-hydrogen) atoms. The highest BCUT2D eigenvalue weighted by molar-refractivity contribution is 6.00. The van der Waals surface area contributed by atoms with Crippen LogP contribution in [0.1, 0.15) is 36.7 Å². The maximum Gasteiger partial charge on any atom is 0.234 e. The van der Waals surface area contributed by atoms with E-state index in [4.69, 9.17) is 9.47 Å². The molecule has 2 aromatic carbocycles. The fourth-order valence-electron chi connectivity index (χ4n) is 2.52. The SMILES string of the molecule is CC(=O)c1cccc(NC(=O)C(C)(C)c2ccc3c(c2)OCO3)c1. The van der Waals surface area contributed by atoms with Crippen molar-refractivity contribution < 1.29 is 19.1 Å². The summed E-state index contributed by atoms with van der Waals surface area (Å²) < 4.78 is 10.7. The number of fused-ring (bicyclic) bond motifs is 1. The number of hydrogen-bond acceptors (Lipinski definition) is 4. The van der Waals surface area contributed by atoms with Crippen LogP contribution in [-0.4, -0.2) is 18.5 Å². The van der Waals surface area contributed by atoms with Gasteiger partial charge in [0.05, 0.1) is 5.41 Å². The van der Waals surface area contributed by atoms with Crippen LogP contribution in [-0.2, 0) is 10.2 Å². The van der Waals surface area contributed by atoms with Crippen LogP contribution in [0.2, 0.25) is 0 Å². The number of anilines is 1. The van der Waals surface area contributed by atoms with Crippen LogP contribution in [0.5, 0.6) is 11.5 Å². The Morgan fingerprint density at radius 3 is 2.54 bits per heavy atom. The second kappa shape index (κ2) is 6.00. The number of rotatable bonds is 4. The Labute approximate surface area is 140 Å². The molecular formula is C19H19NO4. The molecule has 1 N–H and O–H groups in total. The van der Waals surface area contributed by atoms with Crippen molar-refractivity contribution in [3.05, 3.63) is 53.6 Å². The number of carbonyl (C=O) groups is 2. The zero-order valence-corrected chi connectivity index (χ0v) is 13.9. The van der Waals surface area contributed by atoms with Crippen molar-refractivity contribution in [1.82, 2.24) is 0 Å². The molecule has 2 aromatic rings. The Balaban J connectivity index is 1.83. The van der Waals surface area contributed by atoms with Crippen molar-refractivity contribution in [2.75, 3.05) is 12.1 Å². The van der Waals surface area contributed by atoms with Gasteiger partial charge in [-0.05, 0) is 50.6 Å². The molecule has 1 amide bonds. The Morgan fingerprint density at radius 1 is 1.04 bits per heavy atom. The molecule has 1 heterocycles. The van der Waals surface area contributed by atoms with Crippen LogP contribution < -0.4 is 14.8 Å². The Bertz CT molecular complexity index is 811. The summed E-state index contributed by atoms with van der Waals surface area (Å²) >= 11 is 0. The number of Topliss-reactive ketones (excluding diaryl/α,β-unsaturated/α-hetero) is 1. The van der Waals surface area contributed by atoms with Gasteiger partial charge >= 0.3 is 0 Å². The molecule has 124 valence electrons. The third-order valence-corrected chi connectivity index (χ3v) is 4.19. The molecule has 0 fully saturated rings. The fourth-order valence-corrected chi connectivity index (χ4v) is 2.52. The molecule has 0 aliphatic carbocycles. The van der Waals surface area contributed by atoms with Gasteiger partial charge in [-0.15, -0.1) is 0 Å².